The molecule has 19 heavy (non-hydrogen) atoms. The summed E-state index contributed by atoms with van der Waals surface area (Å²) in [5, 5.41) is 3.25. The van der Waals surface area contributed by atoms with Gasteiger partial charge in [-0.3, -0.25) is 4.79 Å². The van der Waals surface area contributed by atoms with Crippen LogP contribution in [0.25, 0.3) is 0 Å². The number of fused-ring (bicyclic) bond motifs is 1. The number of sulfonamides is 1. The number of nitrogens with one attached hydrogen (secondary N) is 1. The molecule has 2 aliphatic rings. The van der Waals surface area contributed by atoms with Gasteiger partial charge in [-0.05, 0) is 32.2 Å². The standard InChI is InChI=1S/C12H22N2O4S/c1-2-18-12(15)5-7-19(16,17)14-6-3-4-10-8-13-9-11(10)14/h10-11,13H,2-9H2,1H3. The lowest BCUT2D eigenvalue weighted by molar-refractivity contribution is -0.142. The molecule has 7 heteroatoms. The first-order valence-corrected chi connectivity index (χ1v) is 8.51. The summed E-state index contributed by atoms with van der Waals surface area (Å²) in [6.07, 6.45) is 1.93. The van der Waals surface area contributed by atoms with Gasteiger partial charge in [-0.25, -0.2) is 8.42 Å². The summed E-state index contributed by atoms with van der Waals surface area (Å²) in [7, 11) is -3.36. The zero-order valence-electron chi connectivity index (χ0n) is 11.3. The van der Waals surface area contributed by atoms with Crippen molar-refractivity contribution in [3.05, 3.63) is 0 Å². The van der Waals surface area contributed by atoms with Crippen molar-refractivity contribution in [2.24, 2.45) is 5.92 Å². The molecule has 2 fully saturated rings. The van der Waals surface area contributed by atoms with E-state index in [0.717, 1.165) is 25.9 Å². The number of nitrogens with zero attached hydrogens (tertiary/aromatic N) is 1. The fourth-order valence-electron chi connectivity index (χ4n) is 2.93. The van der Waals surface area contributed by atoms with Crippen LogP contribution >= 0.6 is 0 Å². The molecule has 2 heterocycles. The van der Waals surface area contributed by atoms with Gasteiger partial charge in [0, 0.05) is 19.1 Å². The Kier molecular flexibility index (Phi) is 4.81. The van der Waals surface area contributed by atoms with E-state index in [9.17, 15) is 13.2 Å². The van der Waals surface area contributed by atoms with Crippen LogP contribution in [0, 0.1) is 5.92 Å². The van der Waals surface area contributed by atoms with Crippen LogP contribution < -0.4 is 5.32 Å². The summed E-state index contributed by atoms with van der Waals surface area (Å²) in [6.45, 7) is 4.20. The van der Waals surface area contributed by atoms with Crippen molar-refractivity contribution in [2.45, 2.75) is 32.2 Å². The Hall–Kier alpha value is -0.660. The second-order valence-corrected chi connectivity index (χ2v) is 7.15. The van der Waals surface area contributed by atoms with Crippen LogP contribution in [0.3, 0.4) is 0 Å². The van der Waals surface area contributed by atoms with Crippen molar-refractivity contribution in [3.63, 3.8) is 0 Å². The molecule has 0 spiro atoms. The number of hydrogen-bond donors (Lipinski definition) is 1. The van der Waals surface area contributed by atoms with Crippen molar-refractivity contribution >= 4 is 16.0 Å². The first-order chi connectivity index (χ1) is 9.04. The lowest BCUT2D eigenvalue weighted by atomic mass is 9.94. The largest absolute Gasteiger partial charge is 0.466 e. The molecule has 2 unspecified atom stereocenters. The maximum atomic E-state index is 12.3. The van der Waals surface area contributed by atoms with Crippen LogP contribution in [0.1, 0.15) is 26.2 Å². The number of carbonyl (C=O) groups excluding carboxylic acids is 1. The van der Waals surface area contributed by atoms with Gasteiger partial charge in [0.05, 0.1) is 18.8 Å². The SMILES string of the molecule is CCOC(=O)CCS(=O)(=O)N1CCCC2CNCC21. The third-order valence-electron chi connectivity index (χ3n) is 3.85. The Bertz CT molecular complexity index is 423. The first kappa shape index (κ1) is 14.7. The van der Waals surface area contributed by atoms with Gasteiger partial charge in [-0.15, -0.1) is 0 Å². The lowest BCUT2D eigenvalue weighted by Gasteiger charge is -2.35. The van der Waals surface area contributed by atoms with E-state index in [0.29, 0.717) is 12.5 Å². The second kappa shape index (κ2) is 6.19. The monoisotopic (exact) mass is 290 g/mol. The molecule has 6 nitrogen and oxygen atoms in total. The zero-order valence-corrected chi connectivity index (χ0v) is 12.1. The second-order valence-electron chi connectivity index (χ2n) is 5.11. The third-order valence-corrected chi connectivity index (χ3v) is 5.74. The molecule has 2 rings (SSSR count). The predicted octanol–water partition coefficient (Wildman–Crippen LogP) is -0.0468. The number of rotatable bonds is 5. The van der Waals surface area contributed by atoms with Gasteiger partial charge in [0.2, 0.25) is 10.0 Å². The Labute approximate surface area is 114 Å². The molecule has 0 aromatic carbocycles. The van der Waals surface area contributed by atoms with E-state index in [1.54, 1.807) is 11.2 Å². The van der Waals surface area contributed by atoms with Crippen LogP contribution in [-0.2, 0) is 19.6 Å². The van der Waals surface area contributed by atoms with Crippen molar-refractivity contribution in [1.82, 2.24) is 9.62 Å². The van der Waals surface area contributed by atoms with E-state index in [1.165, 1.54) is 0 Å². The van der Waals surface area contributed by atoms with Crippen LogP contribution in [0.15, 0.2) is 0 Å². The Morgan fingerprint density at radius 2 is 2.21 bits per heavy atom. The highest BCUT2D eigenvalue weighted by molar-refractivity contribution is 7.89. The van der Waals surface area contributed by atoms with Crippen LogP contribution in [-0.4, -0.2) is 56.7 Å². The minimum absolute atomic E-state index is 0.0580. The molecule has 0 saturated carbocycles. The molecular formula is C12H22N2O4S. The Balaban J connectivity index is 1.96. The molecule has 2 saturated heterocycles. The summed E-state index contributed by atoms with van der Waals surface area (Å²) in [5.74, 6) is -0.162. The number of ether oxygens (including phenoxy) is 1. The van der Waals surface area contributed by atoms with Crippen LogP contribution in [0.2, 0.25) is 0 Å². The van der Waals surface area contributed by atoms with Gasteiger partial charge in [0.1, 0.15) is 0 Å². The number of hydrogen-bond acceptors (Lipinski definition) is 5. The first-order valence-electron chi connectivity index (χ1n) is 6.90. The van der Waals surface area contributed by atoms with E-state index in [1.807, 2.05) is 0 Å². The van der Waals surface area contributed by atoms with E-state index in [-0.39, 0.29) is 24.8 Å². The van der Waals surface area contributed by atoms with Crippen LogP contribution in [0.5, 0.6) is 0 Å². The van der Waals surface area contributed by atoms with E-state index in [2.05, 4.69) is 5.32 Å². The van der Waals surface area contributed by atoms with Gasteiger partial charge >= 0.3 is 5.97 Å². The summed E-state index contributed by atoms with van der Waals surface area (Å²) >= 11 is 0. The molecular weight excluding hydrogens is 268 g/mol. The number of piperidine rings is 1. The van der Waals surface area contributed by atoms with Crippen molar-refractivity contribution < 1.29 is 17.9 Å². The zero-order chi connectivity index (χ0) is 13.9. The fourth-order valence-corrected chi connectivity index (χ4v) is 4.66. The predicted molar refractivity (Wildman–Crippen MR) is 71.1 cm³/mol. The third kappa shape index (κ3) is 3.46. The average Bonchev–Trinajstić information content (AvgIpc) is 2.84. The summed E-state index contributed by atoms with van der Waals surface area (Å²) in [5.41, 5.74) is 0. The normalized spacial score (nSPS) is 28.1. The highest BCUT2D eigenvalue weighted by Gasteiger charge is 2.40. The van der Waals surface area contributed by atoms with E-state index < -0.39 is 16.0 Å². The smallest absolute Gasteiger partial charge is 0.306 e. The molecule has 0 amide bonds. The fraction of sp³-hybridized carbons (Fsp3) is 0.917. The van der Waals surface area contributed by atoms with Gasteiger partial charge < -0.3 is 10.1 Å². The van der Waals surface area contributed by atoms with Crippen molar-refractivity contribution in [1.29, 1.82) is 0 Å². The summed E-state index contributed by atoms with van der Waals surface area (Å²) in [4.78, 5) is 11.3. The molecule has 1 N–H and O–H groups in total. The van der Waals surface area contributed by atoms with E-state index >= 15 is 0 Å². The molecule has 0 aromatic rings. The minimum Gasteiger partial charge on any atom is -0.466 e. The maximum Gasteiger partial charge on any atom is 0.306 e. The summed E-state index contributed by atoms with van der Waals surface area (Å²) in [6, 6.07) is 0.0703. The van der Waals surface area contributed by atoms with Gasteiger partial charge in [-0.2, -0.15) is 4.31 Å². The van der Waals surface area contributed by atoms with Crippen molar-refractivity contribution in [3.8, 4) is 0 Å². The number of carbonyl (C=O) groups is 1. The quantitative estimate of drug-likeness (QED) is 0.719. The van der Waals surface area contributed by atoms with E-state index in [4.69, 9.17) is 4.74 Å². The lowest BCUT2D eigenvalue weighted by Crippen LogP contribution is -2.49. The van der Waals surface area contributed by atoms with Gasteiger partial charge in [-0.1, -0.05) is 0 Å². The van der Waals surface area contributed by atoms with Crippen LogP contribution in [0.4, 0.5) is 0 Å². The molecule has 0 aromatic heterocycles. The molecule has 0 radical (unpaired) electrons. The molecule has 110 valence electrons. The Morgan fingerprint density at radius 1 is 1.42 bits per heavy atom. The molecule has 2 atom stereocenters. The minimum atomic E-state index is -3.36. The van der Waals surface area contributed by atoms with Crippen molar-refractivity contribution in [2.75, 3.05) is 32.0 Å². The molecule has 0 aliphatic carbocycles. The molecule has 0 bridgehead atoms. The topological polar surface area (TPSA) is 75.7 Å². The highest BCUT2D eigenvalue weighted by Crippen LogP contribution is 2.28. The Morgan fingerprint density at radius 3 is 2.95 bits per heavy atom. The van der Waals surface area contributed by atoms with Gasteiger partial charge in [0.25, 0.3) is 0 Å². The molecule has 2 aliphatic heterocycles. The average molecular weight is 290 g/mol. The highest BCUT2D eigenvalue weighted by atomic mass is 32.2. The summed E-state index contributed by atoms with van der Waals surface area (Å²) < 4.78 is 31.0. The number of esters is 1. The van der Waals surface area contributed by atoms with Gasteiger partial charge in [0.15, 0.2) is 0 Å². The maximum absolute atomic E-state index is 12.3.